The number of thiazole rings is 1. The van der Waals surface area contributed by atoms with Crippen LogP contribution in [0.15, 0.2) is 42.4 Å². The zero-order valence-corrected chi connectivity index (χ0v) is 14.1. The van der Waals surface area contributed by atoms with Gasteiger partial charge in [-0.2, -0.15) is 0 Å². The van der Waals surface area contributed by atoms with Crippen LogP contribution in [0.4, 0.5) is 0 Å². The van der Waals surface area contributed by atoms with Gasteiger partial charge < -0.3 is 5.32 Å². The third kappa shape index (κ3) is 2.96. The summed E-state index contributed by atoms with van der Waals surface area (Å²) in [5.41, 5.74) is 2.60. The van der Waals surface area contributed by atoms with Gasteiger partial charge in [-0.25, -0.2) is 15.0 Å². The second-order valence-corrected chi connectivity index (χ2v) is 6.11. The Morgan fingerprint density at radius 3 is 3.00 bits per heavy atom. The van der Waals surface area contributed by atoms with E-state index >= 15 is 0 Å². The Hall–Kier alpha value is -3.20. The molecule has 0 aromatic carbocycles. The van der Waals surface area contributed by atoms with E-state index in [-0.39, 0.29) is 5.91 Å². The smallest absolute Gasteiger partial charge is 0.270 e. The minimum atomic E-state index is -0.216. The molecule has 8 nitrogen and oxygen atoms in total. The molecular formula is C16H13N7OS. The van der Waals surface area contributed by atoms with Crippen LogP contribution < -0.4 is 5.32 Å². The van der Waals surface area contributed by atoms with E-state index in [2.05, 4.69) is 30.2 Å². The molecule has 4 rings (SSSR count). The van der Waals surface area contributed by atoms with E-state index in [9.17, 15) is 4.79 Å². The zero-order valence-electron chi connectivity index (χ0n) is 13.2. The van der Waals surface area contributed by atoms with Crippen molar-refractivity contribution in [1.82, 2.24) is 34.6 Å². The van der Waals surface area contributed by atoms with Gasteiger partial charge in [-0.05, 0) is 13.0 Å². The molecule has 0 fully saturated rings. The highest BCUT2D eigenvalue weighted by Crippen LogP contribution is 2.20. The van der Waals surface area contributed by atoms with Gasteiger partial charge in [0.25, 0.3) is 5.91 Å². The predicted octanol–water partition coefficient (Wildman–Crippen LogP) is 1.88. The highest BCUT2D eigenvalue weighted by Gasteiger charge is 2.17. The molecule has 25 heavy (non-hydrogen) atoms. The molecule has 0 spiro atoms. The van der Waals surface area contributed by atoms with Gasteiger partial charge in [-0.1, -0.05) is 0 Å². The second-order valence-electron chi connectivity index (χ2n) is 5.25. The molecule has 4 aromatic heterocycles. The fourth-order valence-corrected chi connectivity index (χ4v) is 3.22. The largest absolute Gasteiger partial charge is 0.345 e. The van der Waals surface area contributed by atoms with E-state index in [1.807, 2.05) is 5.38 Å². The Morgan fingerprint density at radius 2 is 2.16 bits per heavy atom. The van der Waals surface area contributed by atoms with Gasteiger partial charge in [0.2, 0.25) is 5.78 Å². The Kier molecular flexibility index (Phi) is 3.90. The van der Waals surface area contributed by atoms with Crippen molar-refractivity contribution in [3.8, 4) is 10.7 Å². The van der Waals surface area contributed by atoms with Crippen molar-refractivity contribution in [3.63, 3.8) is 0 Å². The van der Waals surface area contributed by atoms with Crippen LogP contribution in [0.25, 0.3) is 16.5 Å². The van der Waals surface area contributed by atoms with E-state index in [4.69, 9.17) is 0 Å². The van der Waals surface area contributed by atoms with Crippen molar-refractivity contribution >= 4 is 23.0 Å². The number of carbonyl (C=O) groups excluding carboxylic acids is 1. The van der Waals surface area contributed by atoms with Crippen LogP contribution in [-0.2, 0) is 6.54 Å². The van der Waals surface area contributed by atoms with E-state index < -0.39 is 0 Å². The zero-order chi connectivity index (χ0) is 17.2. The lowest BCUT2D eigenvalue weighted by Crippen LogP contribution is -2.25. The third-order valence-corrected chi connectivity index (χ3v) is 4.47. The summed E-state index contributed by atoms with van der Waals surface area (Å²) >= 11 is 1.47. The number of nitrogens with zero attached hydrogens (tertiary/aromatic N) is 6. The maximum atomic E-state index is 12.5. The number of fused-ring (bicyclic) bond motifs is 1. The normalized spacial score (nSPS) is 10.9. The SMILES string of the molecule is Cc1nc2ncccn2c1C(=O)NCc1csc(-c2cnccn2)n1. The number of rotatable bonds is 4. The molecule has 0 radical (unpaired) electrons. The molecule has 9 heteroatoms. The van der Waals surface area contributed by atoms with E-state index in [0.29, 0.717) is 29.4 Å². The number of hydrogen-bond acceptors (Lipinski definition) is 7. The first-order valence-corrected chi connectivity index (χ1v) is 8.39. The number of hydrogen-bond donors (Lipinski definition) is 1. The van der Waals surface area contributed by atoms with Crippen LogP contribution in [0.5, 0.6) is 0 Å². The molecule has 0 saturated heterocycles. The summed E-state index contributed by atoms with van der Waals surface area (Å²) in [7, 11) is 0. The van der Waals surface area contributed by atoms with Gasteiger partial charge in [-0.3, -0.25) is 19.2 Å². The van der Waals surface area contributed by atoms with Crippen molar-refractivity contribution in [2.75, 3.05) is 0 Å². The van der Waals surface area contributed by atoms with Crippen molar-refractivity contribution in [3.05, 3.63) is 59.5 Å². The van der Waals surface area contributed by atoms with Crippen LogP contribution in [-0.4, -0.2) is 35.2 Å². The summed E-state index contributed by atoms with van der Waals surface area (Å²) in [4.78, 5) is 33.7. The Labute approximate surface area is 146 Å². The maximum Gasteiger partial charge on any atom is 0.270 e. The highest BCUT2D eigenvalue weighted by atomic mass is 32.1. The van der Waals surface area contributed by atoms with Gasteiger partial charge in [0.1, 0.15) is 16.4 Å². The third-order valence-electron chi connectivity index (χ3n) is 3.56. The predicted molar refractivity (Wildman–Crippen MR) is 92.0 cm³/mol. The Bertz CT molecular complexity index is 1040. The lowest BCUT2D eigenvalue weighted by atomic mass is 10.3. The summed E-state index contributed by atoms with van der Waals surface area (Å²) in [6.07, 6.45) is 8.32. The lowest BCUT2D eigenvalue weighted by molar-refractivity contribution is 0.0944. The summed E-state index contributed by atoms with van der Waals surface area (Å²) in [6, 6.07) is 1.76. The fourth-order valence-electron chi connectivity index (χ4n) is 2.44. The minimum Gasteiger partial charge on any atom is -0.345 e. The van der Waals surface area contributed by atoms with Gasteiger partial charge in [0.05, 0.1) is 24.1 Å². The maximum absolute atomic E-state index is 12.5. The first-order chi connectivity index (χ1) is 12.2. The molecule has 1 N–H and O–H groups in total. The Morgan fingerprint density at radius 1 is 1.24 bits per heavy atom. The van der Waals surface area contributed by atoms with Crippen molar-refractivity contribution in [1.29, 1.82) is 0 Å². The first kappa shape index (κ1) is 15.3. The Balaban J connectivity index is 1.51. The summed E-state index contributed by atoms with van der Waals surface area (Å²) in [5.74, 6) is 0.288. The van der Waals surface area contributed by atoms with Gasteiger partial charge in [0, 0.05) is 30.2 Å². The standard InChI is InChI=1S/C16H13N7OS/c1-10-13(23-6-2-3-19-16(23)21-10)14(24)20-7-11-9-25-15(22-11)12-8-17-4-5-18-12/h2-6,8-9H,7H2,1H3,(H,20,24). The van der Waals surface area contributed by atoms with Crippen LogP contribution in [0.1, 0.15) is 21.9 Å². The lowest BCUT2D eigenvalue weighted by Gasteiger charge is -2.04. The van der Waals surface area contributed by atoms with Crippen LogP contribution in [0.3, 0.4) is 0 Å². The molecular weight excluding hydrogens is 338 g/mol. The topological polar surface area (TPSA) is 98.0 Å². The van der Waals surface area contributed by atoms with Crippen molar-refractivity contribution < 1.29 is 4.79 Å². The molecule has 124 valence electrons. The molecule has 0 aliphatic heterocycles. The minimum absolute atomic E-state index is 0.216. The number of carbonyl (C=O) groups is 1. The summed E-state index contributed by atoms with van der Waals surface area (Å²) in [5, 5.41) is 5.55. The molecule has 0 atom stereocenters. The number of aromatic nitrogens is 6. The molecule has 4 heterocycles. The van der Waals surface area contributed by atoms with Crippen molar-refractivity contribution in [2.24, 2.45) is 0 Å². The van der Waals surface area contributed by atoms with Crippen LogP contribution in [0.2, 0.25) is 0 Å². The highest BCUT2D eigenvalue weighted by molar-refractivity contribution is 7.13. The van der Waals surface area contributed by atoms with Gasteiger partial charge >= 0.3 is 0 Å². The molecule has 4 aromatic rings. The second kappa shape index (κ2) is 6.36. The van der Waals surface area contributed by atoms with Gasteiger partial charge in [0.15, 0.2) is 0 Å². The molecule has 0 unspecified atom stereocenters. The van der Waals surface area contributed by atoms with E-state index in [0.717, 1.165) is 10.7 Å². The summed E-state index contributed by atoms with van der Waals surface area (Å²) in [6.45, 7) is 2.11. The monoisotopic (exact) mass is 351 g/mol. The molecule has 0 saturated carbocycles. The average molecular weight is 351 g/mol. The summed E-state index contributed by atoms with van der Waals surface area (Å²) < 4.78 is 1.68. The average Bonchev–Trinajstić information content (AvgIpc) is 3.24. The van der Waals surface area contributed by atoms with Crippen LogP contribution >= 0.6 is 11.3 Å². The van der Waals surface area contributed by atoms with E-state index in [1.165, 1.54) is 11.3 Å². The molecule has 0 aliphatic carbocycles. The van der Waals surface area contributed by atoms with Crippen LogP contribution in [0, 0.1) is 6.92 Å². The van der Waals surface area contributed by atoms with E-state index in [1.54, 1.807) is 48.4 Å². The first-order valence-electron chi connectivity index (χ1n) is 7.51. The number of nitrogens with one attached hydrogen (secondary N) is 1. The molecule has 0 bridgehead atoms. The number of imidazole rings is 1. The molecule has 0 aliphatic rings. The quantitative estimate of drug-likeness (QED) is 0.603. The molecule has 1 amide bonds. The number of amides is 1. The number of aryl methyl sites for hydroxylation is 1. The van der Waals surface area contributed by atoms with Crippen molar-refractivity contribution in [2.45, 2.75) is 13.5 Å². The fraction of sp³-hybridized carbons (Fsp3) is 0.125. The van der Waals surface area contributed by atoms with Gasteiger partial charge in [-0.15, -0.1) is 11.3 Å².